The van der Waals surface area contributed by atoms with Gasteiger partial charge in [0.25, 0.3) is 0 Å². The molecule has 3 aromatic carbocycles. The molecule has 3 aromatic rings. The lowest BCUT2D eigenvalue weighted by atomic mass is 10.2. The van der Waals surface area contributed by atoms with Crippen LogP contribution in [0.5, 0.6) is 5.75 Å². The van der Waals surface area contributed by atoms with Crippen molar-refractivity contribution in [2.75, 3.05) is 5.32 Å². The van der Waals surface area contributed by atoms with Crippen molar-refractivity contribution in [2.24, 2.45) is 0 Å². The zero-order chi connectivity index (χ0) is 19.7. The van der Waals surface area contributed by atoms with E-state index in [1.807, 2.05) is 57.2 Å². The van der Waals surface area contributed by atoms with Crippen molar-refractivity contribution in [3.05, 3.63) is 72.8 Å². The number of fused-ring (bicyclic) bond motifs is 2. The van der Waals surface area contributed by atoms with E-state index in [2.05, 4.69) is 41.7 Å². The summed E-state index contributed by atoms with van der Waals surface area (Å²) in [5, 5.41) is 3.52. The predicted molar refractivity (Wildman–Crippen MR) is 112 cm³/mol. The molecular weight excluding hydrogens is 370 g/mol. The van der Waals surface area contributed by atoms with Crippen LogP contribution in [0, 0.1) is 0 Å². The Morgan fingerprint density at radius 3 is 1.89 bits per heavy atom. The van der Waals surface area contributed by atoms with Gasteiger partial charge in [0.2, 0.25) is 0 Å². The van der Waals surface area contributed by atoms with Crippen molar-refractivity contribution < 1.29 is 14.3 Å². The number of nitrogens with one attached hydrogen (secondary N) is 1. The van der Waals surface area contributed by atoms with E-state index < -0.39 is 11.8 Å². The van der Waals surface area contributed by atoms with E-state index in [9.17, 15) is 4.79 Å². The molecule has 142 valence electrons. The van der Waals surface area contributed by atoms with Crippen molar-refractivity contribution in [1.82, 2.24) is 0 Å². The molecule has 0 aliphatic carbocycles. The topological polar surface area (TPSA) is 47.6 Å². The summed E-state index contributed by atoms with van der Waals surface area (Å²) in [4.78, 5) is 15.6. The van der Waals surface area contributed by atoms with E-state index in [-0.39, 0.29) is 10.9 Å². The van der Waals surface area contributed by atoms with Crippen molar-refractivity contribution >= 4 is 28.4 Å². The Morgan fingerprint density at radius 2 is 1.36 bits per heavy atom. The summed E-state index contributed by atoms with van der Waals surface area (Å²) < 4.78 is 10.5. The number of para-hydroxylation sites is 2. The Morgan fingerprint density at radius 1 is 0.821 bits per heavy atom. The predicted octanol–water partition coefficient (Wildman–Crippen LogP) is 6.15. The van der Waals surface area contributed by atoms with Crippen LogP contribution < -0.4 is 10.1 Å². The molecule has 0 atom stereocenters. The fourth-order valence-electron chi connectivity index (χ4n) is 3.02. The summed E-state index contributed by atoms with van der Waals surface area (Å²) in [6.07, 6.45) is -0.694. The molecule has 0 bridgehead atoms. The van der Waals surface area contributed by atoms with Crippen LogP contribution in [0.1, 0.15) is 20.8 Å². The highest BCUT2D eigenvalue weighted by Gasteiger charge is 2.37. The minimum absolute atomic E-state index is 0.229. The van der Waals surface area contributed by atoms with Gasteiger partial charge < -0.3 is 14.8 Å². The Kier molecular flexibility index (Phi) is 4.77. The number of benzene rings is 3. The third-order valence-corrected chi connectivity index (χ3v) is 6.47. The number of rotatable bonds is 2. The molecule has 1 aliphatic rings. The number of carbonyl (C=O) groups is 1. The van der Waals surface area contributed by atoms with Crippen molar-refractivity contribution in [3.8, 4) is 5.75 Å². The van der Waals surface area contributed by atoms with Crippen molar-refractivity contribution in [3.63, 3.8) is 0 Å². The molecule has 5 heteroatoms. The minimum Gasteiger partial charge on any atom is -0.428 e. The third-order valence-electron chi connectivity index (χ3n) is 4.13. The smallest absolute Gasteiger partial charge is 0.428 e. The summed E-state index contributed by atoms with van der Waals surface area (Å²) in [7, 11) is -0.229. The Labute approximate surface area is 167 Å². The van der Waals surface area contributed by atoms with Gasteiger partial charge in [-0.15, -0.1) is 0 Å². The summed E-state index contributed by atoms with van der Waals surface area (Å²) in [5.74, 6) is 0.471. The van der Waals surface area contributed by atoms with Crippen LogP contribution in [0.3, 0.4) is 0 Å². The maximum atomic E-state index is 11.9. The van der Waals surface area contributed by atoms with Crippen LogP contribution in [0.4, 0.5) is 16.2 Å². The molecule has 0 fully saturated rings. The molecule has 4 rings (SSSR count). The van der Waals surface area contributed by atoms with E-state index in [1.54, 1.807) is 0 Å². The van der Waals surface area contributed by atoms with E-state index in [0.29, 0.717) is 5.75 Å². The molecular formula is C23H22NO3S+. The molecule has 1 heterocycles. The van der Waals surface area contributed by atoms with E-state index in [0.717, 1.165) is 16.3 Å². The second-order valence-electron chi connectivity index (χ2n) is 7.46. The third kappa shape index (κ3) is 3.85. The normalized spacial score (nSPS) is 13.1. The highest BCUT2D eigenvalue weighted by molar-refractivity contribution is 7.97. The van der Waals surface area contributed by atoms with Gasteiger partial charge in [0, 0.05) is 0 Å². The van der Waals surface area contributed by atoms with Gasteiger partial charge in [-0.2, -0.15) is 0 Å². The Balaban J connectivity index is 1.64. The highest BCUT2D eigenvalue weighted by atomic mass is 32.2. The average molecular weight is 393 g/mol. The van der Waals surface area contributed by atoms with Crippen molar-refractivity contribution in [1.29, 1.82) is 0 Å². The number of hydrogen-bond acceptors (Lipinski definition) is 4. The lowest BCUT2D eigenvalue weighted by molar-refractivity contribution is 0.0206. The van der Waals surface area contributed by atoms with Gasteiger partial charge >= 0.3 is 6.16 Å². The van der Waals surface area contributed by atoms with Crippen LogP contribution in [-0.2, 0) is 15.6 Å². The van der Waals surface area contributed by atoms with Gasteiger partial charge in [0.1, 0.15) is 22.2 Å². The molecule has 0 radical (unpaired) electrons. The lowest BCUT2D eigenvalue weighted by Crippen LogP contribution is -2.25. The summed E-state index contributed by atoms with van der Waals surface area (Å²) in [5.41, 5.74) is 1.67. The molecule has 0 saturated heterocycles. The van der Waals surface area contributed by atoms with Crippen LogP contribution >= 0.6 is 0 Å². The molecule has 28 heavy (non-hydrogen) atoms. The average Bonchev–Trinajstić information content (AvgIpc) is 2.65. The highest BCUT2D eigenvalue weighted by Crippen LogP contribution is 2.44. The van der Waals surface area contributed by atoms with Crippen LogP contribution in [-0.4, -0.2) is 11.8 Å². The van der Waals surface area contributed by atoms with E-state index in [4.69, 9.17) is 9.47 Å². The monoisotopic (exact) mass is 392 g/mol. The number of anilines is 2. The quantitative estimate of drug-likeness (QED) is 0.252. The van der Waals surface area contributed by atoms with E-state index in [1.165, 1.54) is 9.79 Å². The minimum atomic E-state index is -0.694. The zero-order valence-electron chi connectivity index (χ0n) is 16.1. The number of ether oxygens (including phenoxy) is 2. The first-order valence-corrected chi connectivity index (χ1v) is 10.3. The van der Waals surface area contributed by atoms with Crippen LogP contribution in [0.25, 0.3) is 0 Å². The first-order chi connectivity index (χ1) is 13.4. The second kappa shape index (κ2) is 7.24. The molecule has 1 N–H and O–H groups in total. The molecule has 0 amide bonds. The molecule has 0 unspecified atom stereocenters. The summed E-state index contributed by atoms with van der Waals surface area (Å²) in [6.45, 7) is 5.43. The van der Waals surface area contributed by atoms with Crippen LogP contribution in [0.2, 0.25) is 0 Å². The standard InChI is InChI=1S/C23H22NO3S/c1-23(2,3)27-22(25)26-16-12-14-17(15-13-16)28-20-10-6-4-8-18(20)24-19-9-5-7-11-21(19)28/h4-15,24H,1-3H3/q+1. The van der Waals surface area contributed by atoms with Gasteiger partial charge in [0.05, 0.1) is 11.4 Å². The second-order valence-corrected chi connectivity index (χ2v) is 9.42. The van der Waals surface area contributed by atoms with Crippen molar-refractivity contribution in [2.45, 2.75) is 41.1 Å². The Bertz CT molecular complexity index is 963. The maximum Gasteiger partial charge on any atom is 0.514 e. The fourth-order valence-corrected chi connectivity index (χ4v) is 5.28. The molecule has 0 saturated carbocycles. The van der Waals surface area contributed by atoms with Gasteiger partial charge in [0.15, 0.2) is 14.7 Å². The lowest BCUT2D eigenvalue weighted by Gasteiger charge is -2.21. The number of hydrogen-bond donors (Lipinski definition) is 1. The first kappa shape index (κ1) is 18.4. The van der Waals surface area contributed by atoms with Crippen LogP contribution in [0.15, 0.2) is 87.5 Å². The van der Waals surface area contributed by atoms with Gasteiger partial charge in [-0.3, -0.25) is 0 Å². The largest absolute Gasteiger partial charge is 0.514 e. The maximum absolute atomic E-state index is 11.9. The molecule has 0 spiro atoms. The zero-order valence-corrected chi connectivity index (χ0v) is 16.9. The SMILES string of the molecule is CC(C)(C)OC(=O)Oc1ccc([S+]2c3ccccc3Nc3ccccc32)cc1. The molecule has 4 nitrogen and oxygen atoms in total. The Hall–Kier alpha value is -2.92. The van der Waals surface area contributed by atoms with Gasteiger partial charge in [-0.25, -0.2) is 4.79 Å². The summed E-state index contributed by atoms with van der Waals surface area (Å²) >= 11 is 0. The molecule has 1 aliphatic heterocycles. The number of carbonyl (C=O) groups excluding carboxylic acids is 1. The van der Waals surface area contributed by atoms with Gasteiger partial charge in [-0.1, -0.05) is 24.3 Å². The fraction of sp³-hybridized carbons (Fsp3) is 0.174. The summed E-state index contributed by atoms with van der Waals surface area (Å²) in [6, 6.07) is 24.4. The molecule has 0 aromatic heterocycles. The first-order valence-electron chi connectivity index (χ1n) is 9.11. The van der Waals surface area contributed by atoms with E-state index >= 15 is 0 Å². The van der Waals surface area contributed by atoms with Gasteiger partial charge in [-0.05, 0) is 69.3 Å².